The molecule has 1 fully saturated rings. The molecule has 4 nitrogen and oxygen atoms in total. The van der Waals surface area contributed by atoms with Gasteiger partial charge in [0.15, 0.2) is 0 Å². The minimum Gasteiger partial charge on any atom is -0.331 e. The van der Waals surface area contributed by atoms with Crippen LogP contribution in [0.2, 0.25) is 0 Å². The third kappa shape index (κ3) is 3.22. The van der Waals surface area contributed by atoms with Gasteiger partial charge >= 0.3 is 0 Å². The van der Waals surface area contributed by atoms with Crippen molar-refractivity contribution >= 4 is 12.0 Å². The highest BCUT2D eigenvalue weighted by molar-refractivity contribution is 5.92. The Bertz CT molecular complexity index is 682. The third-order valence-corrected chi connectivity index (χ3v) is 3.89. The summed E-state index contributed by atoms with van der Waals surface area (Å²) >= 11 is 0. The molecule has 2 heterocycles. The molecule has 1 amide bonds. The molecule has 0 saturated carbocycles. The number of nitrogens with zero attached hydrogens (tertiary/aromatic N) is 3. The Hall–Kier alpha value is -2.49. The van der Waals surface area contributed by atoms with E-state index < -0.39 is 0 Å². The number of carbonyl (C=O) groups excluding carboxylic acids is 1. The van der Waals surface area contributed by atoms with Crippen molar-refractivity contribution in [3.05, 3.63) is 65.8 Å². The second-order valence-electron chi connectivity index (χ2n) is 5.46. The van der Waals surface area contributed by atoms with E-state index in [0.29, 0.717) is 0 Å². The van der Waals surface area contributed by atoms with E-state index in [1.54, 1.807) is 12.3 Å². The van der Waals surface area contributed by atoms with Crippen LogP contribution in [0.5, 0.6) is 0 Å². The molecule has 1 aromatic carbocycles. The lowest BCUT2D eigenvalue weighted by atomic mass is 10.1. The SMILES string of the molecule is Cc1nccc([C@@H]2CCCN2C(=O)/C=C/c2ccccc2)n1. The molecule has 1 atom stereocenters. The van der Waals surface area contributed by atoms with Crippen molar-refractivity contribution < 1.29 is 4.79 Å². The summed E-state index contributed by atoms with van der Waals surface area (Å²) in [7, 11) is 0. The Morgan fingerprint density at radius 3 is 2.86 bits per heavy atom. The van der Waals surface area contributed by atoms with Gasteiger partial charge in [-0.25, -0.2) is 9.97 Å². The van der Waals surface area contributed by atoms with E-state index in [1.807, 2.05) is 54.3 Å². The van der Waals surface area contributed by atoms with Crippen LogP contribution in [0.4, 0.5) is 0 Å². The molecular weight excluding hydrogens is 274 g/mol. The molecule has 1 saturated heterocycles. The Morgan fingerprint density at radius 2 is 2.09 bits per heavy atom. The normalized spacial score (nSPS) is 18.0. The number of amides is 1. The zero-order chi connectivity index (χ0) is 15.4. The van der Waals surface area contributed by atoms with E-state index in [1.165, 1.54) is 0 Å². The van der Waals surface area contributed by atoms with Gasteiger partial charge in [0.05, 0.1) is 11.7 Å². The molecule has 1 aromatic heterocycles. The number of hydrogen-bond donors (Lipinski definition) is 0. The average molecular weight is 293 g/mol. The first kappa shape index (κ1) is 14.4. The molecule has 2 aromatic rings. The molecule has 4 heteroatoms. The van der Waals surface area contributed by atoms with Crippen LogP contribution in [0.15, 0.2) is 48.7 Å². The Labute approximate surface area is 130 Å². The van der Waals surface area contributed by atoms with Gasteiger partial charge < -0.3 is 4.90 Å². The number of rotatable bonds is 3. The lowest BCUT2D eigenvalue weighted by molar-refractivity contribution is -0.126. The van der Waals surface area contributed by atoms with Crippen LogP contribution >= 0.6 is 0 Å². The monoisotopic (exact) mass is 293 g/mol. The highest BCUT2D eigenvalue weighted by Crippen LogP contribution is 2.30. The van der Waals surface area contributed by atoms with Crippen molar-refractivity contribution in [1.29, 1.82) is 0 Å². The fourth-order valence-electron chi connectivity index (χ4n) is 2.83. The minimum absolute atomic E-state index is 0.0441. The first-order valence-electron chi connectivity index (χ1n) is 7.57. The smallest absolute Gasteiger partial charge is 0.247 e. The average Bonchev–Trinajstić information content (AvgIpc) is 3.03. The molecule has 3 rings (SSSR count). The number of aromatic nitrogens is 2. The molecule has 0 radical (unpaired) electrons. The van der Waals surface area contributed by atoms with Crippen molar-refractivity contribution in [2.75, 3.05) is 6.54 Å². The van der Waals surface area contributed by atoms with Crippen LogP contribution in [0.3, 0.4) is 0 Å². The van der Waals surface area contributed by atoms with Gasteiger partial charge in [-0.1, -0.05) is 30.3 Å². The first-order valence-corrected chi connectivity index (χ1v) is 7.57. The largest absolute Gasteiger partial charge is 0.331 e. The second-order valence-corrected chi connectivity index (χ2v) is 5.46. The summed E-state index contributed by atoms with van der Waals surface area (Å²) in [5, 5.41) is 0. The lowest BCUT2D eigenvalue weighted by Gasteiger charge is -2.23. The molecule has 0 bridgehead atoms. The van der Waals surface area contributed by atoms with Crippen LogP contribution in [0, 0.1) is 6.92 Å². The summed E-state index contributed by atoms with van der Waals surface area (Å²) in [6.45, 7) is 2.66. The maximum Gasteiger partial charge on any atom is 0.247 e. The number of aryl methyl sites for hydroxylation is 1. The summed E-state index contributed by atoms with van der Waals surface area (Å²) in [6.07, 6.45) is 7.25. The van der Waals surface area contributed by atoms with Crippen molar-refractivity contribution in [2.24, 2.45) is 0 Å². The van der Waals surface area contributed by atoms with Crippen molar-refractivity contribution in [3.8, 4) is 0 Å². The van der Waals surface area contributed by atoms with E-state index in [2.05, 4.69) is 9.97 Å². The fourth-order valence-corrected chi connectivity index (χ4v) is 2.83. The molecular formula is C18H19N3O. The molecule has 1 aliphatic heterocycles. The summed E-state index contributed by atoms with van der Waals surface area (Å²) in [4.78, 5) is 23.0. The quantitative estimate of drug-likeness (QED) is 0.817. The van der Waals surface area contributed by atoms with Gasteiger partial charge in [0.1, 0.15) is 5.82 Å². The zero-order valence-electron chi connectivity index (χ0n) is 12.6. The van der Waals surface area contributed by atoms with Crippen LogP contribution in [0.25, 0.3) is 6.08 Å². The number of carbonyl (C=O) groups is 1. The summed E-state index contributed by atoms with van der Waals surface area (Å²) in [5.74, 6) is 0.791. The number of likely N-dealkylation sites (tertiary alicyclic amines) is 1. The van der Waals surface area contributed by atoms with Crippen molar-refractivity contribution in [2.45, 2.75) is 25.8 Å². The van der Waals surface area contributed by atoms with E-state index in [4.69, 9.17) is 0 Å². The molecule has 0 aliphatic carbocycles. The Kier molecular flexibility index (Phi) is 4.28. The first-order chi connectivity index (χ1) is 10.7. The Morgan fingerprint density at radius 1 is 1.27 bits per heavy atom. The van der Waals surface area contributed by atoms with E-state index >= 15 is 0 Å². The maximum atomic E-state index is 12.5. The number of hydrogen-bond acceptors (Lipinski definition) is 3. The summed E-state index contributed by atoms with van der Waals surface area (Å²) in [5.41, 5.74) is 1.97. The zero-order valence-corrected chi connectivity index (χ0v) is 12.6. The third-order valence-electron chi connectivity index (χ3n) is 3.89. The van der Waals surface area contributed by atoms with E-state index in [9.17, 15) is 4.79 Å². The van der Waals surface area contributed by atoms with Crippen LogP contribution < -0.4 is 0 Å². The van der Waals surface area contributed by atoms with Crippen LogP contribution in [0.1, 0.15) is 36.0 Å². The van der Waals surface area contributed by atoms with E-state index in [0.717, 1.165) is 36.5 Å². The summed E-state index contributed by atoms with van der Waals surface area (Å²) in [6, 6.07) is 11.8. The molecule has 22 heavy (non-hydrogen) atoms. The van der Waals surface area contributed by atoms with E-state index in [-0.39, 0.29) is 11.9 Å². The van der Waals surface area contributed by atoms with Crippen molar-refractivity contribution in [1.82, 2.24) is 14.9 Å². The number of benzene rings is 1. The summed E-state index contributed by atoms with van der Waals surface area (Å²) < 4.78 is 0. The van der Waals surface area contributed by atoms with Crippen LogP contribution in [-0.4, -0.2) is 27.3 Å². The molecule has 1 aliphatic rings. The minimum atomic E-state index is 0.0441. The van der Waals surface area contributed by atoms with Gasteiger partial charge in [-0.15, -0.1) is 0 Å². The van der Waals surface area contributed by atoms with Crippen molar-refractivity contribution in [3.63, 3.8) is 0 Å². The van der Waals surface area contributed by atoms with Gasteiger partial charge in [-0.05, 0) is 37.5 Å². The fraction of sp³-hybridized carbons (Fsp3) is 0.278. The predicted octanol–water partition coefficient (Wildman–Crippen LogP) is 3.16. The highest BCUT2D eigenvalue weighted by Gasteiger charge is 2.29. The Balaban J connectivity index is 1.75. The molecule has 0 unspecified atom stereocenters. The molecule has 112 valence electrons. The second kappa shape index (κ2) is 6.52. The van der Waals surface area contributed by atoms with Gasteiger partial charge in [-0.3, -0.25) is 4.79 Å². The van der Waals surface area contributed by atoms with Gasteiger partial charge in [0, 0.05) is 18.8 Å². The van der Waals surface area contributed by atoms with Crippen LogP contribution in [-0.2, 0) is 4.79 Å². The van der Waals surface area contributed by atoms with Gasteiger partial charge in [0.2, 0.25) is 5.91 Å². The lowest BCUT2D eigenvalue weighted by Crippen LogP contribution is -2.29. The maximum absolute atomic E-state index is 12.5. The molecule has 0 spiro atoms. The van der Waals surface area contributed by atoms with Gasteiger partial charge in [-0.2, -0.15) is 0 Å². The molecule has 0 N–H and O–H groups in total. The standard InChI is InChI=1S/C18H19N3O/c1-14-19-12-11-16(20-14)17-8-5-13-21(17)18(22)10-9-15-6-3-2-4-7-15/h2-4,6-7,9-12,17H,5,8,13H2,1H3/b10-9+/t17-/m0/s1. The van der Waals surface area contributed by atoms with Gasteiger partial charge in [0.25, 0.3) is 0 Å². The highest BCUT2D eigenvalue weighted by atomic mass is 16.2. The topological polar surface area (TPSA) is 46.1 Å². The predicted molar refractivity (Wildman–Crippen MR) is 85.9 cm³/mol.